The second-order valence-electron chi connectivity index (χ2n) is 5.79. The van der Waals surface area contributed by atoms with Crippen LogP contribution in [0.25, 0.3) is 0 Å². The Morgan fingerprint density at radius 3 is 2.25 bits per heavy atom. The van der Waals surface area contributed by atoms with Crippen molar-refractivity contribution in [3.63, 3.8) is 0 Å². The molecule has 9 heteroatoms. The Labute approximate surface area is 133 Å². The van der Waals surface area contributed by atoms with E-state index in [1.807, 2.05) is 0 Å². The predicted octanol–water partition coefficient (Wildman–Crippen LogP) is 2.87. The molecule has 2 aliphatic rings. The molecule has 0 aliphatic carbocycles. The molecule has 1 spiro atoms. The van der Waals surface area contributed by atoms with Crippen LogP contribution in [0.1, 0.15) is 28.8 Å². The number of carbonyl (C=O) groups is 2. The van der Waals surface area contributed by atoms with Crippen LogP contribution in [0.2, 0.25) is 0 Å². The average molecular weight is 349 g/mol. The summed E-state index contributed by atoms with van der Waals surface area (Å²) in [6.07, 6.45) is -6.00. The zero-order valence-corrected chi connectivity index (χ0v) is 12.2. The monoisotopic (exact) mass is 349 g/mol. The highest BCUT2D eigenvalue weighted by Crippen LogP contribution is 2.45. The molecule has 130 valence electrons. The van der Waals surface area contributed by atoms with Crippen molar-refractivity contribution >= 4 is 11.9 Å². The van der Waals surface area contributed by atoms with Crippen LogP contribution in [0, 0.1) is 0 Å². The molecule has 0 aromatic heterocycles. The first-order valence-corrected chi connectivity index (χ1v) is 7.15. The quantitative estimate of drug-likeness (QED) is 0.579. The molecule has 2 heterocycles. The molecule has 4 nitrogen and oxygen atoms in total. The van der Waals surface area contributed by atoms with Crippen LogP contribution in [-0.4, -0.2) is 42.0 Å². The van der Waals surface area contributed by atoms with E-state index in [0.29, 0.717) is 16.0 Å². The van der Waals surface area contributed by atoms with Gasteiger partial charge in [-0.1, -0.05) is 18.2 Å². The first kappa shape index (κ1) is 16.7. The molecule has 1 amide bonds. The fourth-order valence-electron chi connectivity index (χ4n) is 3.11. The number of benzene rings is 1. The third-order valence-electron chi connectivity index (χ3n) is 4.41. The van der Waals surface area contributed by atoms with Crippen molar-refractivity contribution in [2.75, 3.05) is 13.1 Å². The Balaban J connectivity index is 1.78. The number of carbonyl (C=O) groups excluding carboxylic acids is 2. The number of amides is 1. The number of ether oxygens (including phenoxy) is 1. The van der Waals surface area contributed by atoms with Gasteiger partial charge in [-0.3, -0.25) is 4.79 Å². The molecule has 0 N–H and O–H groups in total. The summed E-state index contributed by atoms with van der Waals surface area (Å²) in [7, 11) is 0. The normalized spacial score (nSPS) is 20.0. The van der Waals surface area contributed by atoms with E-state index in [4.69, 9.17) is 4.74 Å². The minimum absolute atomic E-state index is 0.0323. The fraction of sp³-hybridized carbons (Fsp3) is 0.467. The number of fused-ring (bicyclic) bond motifs is 2. The summed E-state index contributed by atoms with van der Waals surface area (Å²) in [5.74, 6) is -8.27. The van der Waals surface area contributed by atoms with E-state index < -0.39 is 29.6 Å². The summed E-state index contributed by atoms with van der Waals surface area (Å²) < 4.78 is 68.7. The number of hydrogen-bond donors (Lipinski definition) is 0. The van der Waals surface area contributed by atoms with Gasteiger partial charge in [-0.25, -0.2) is 4.79 Å². The number of rotatable bonds is 1. The van der Waals surface area contributed by atoms with Gasteiger partial charge in [0.1, 0.15) is 5.60 Å². The number of alkyl halides is 5. The summed E-state index contributed by atoms with van der Waals surface area (Å²) in [6, 6.07) is 6.53. The van der Waals surface area contributed by atoms with Gasteiger partial charge in [0.2, 0.25) is 0 Å². The van der Waals surface area contributed by atoms with Crippen LogP contribution in [0.4, 0.5) is 22.0 Å². The molecule has 0 atom stereocenters. The molecule has 0 bridgehead atoms. The first-order chi connectivity index (χ1) is 11.1. The van der Waals surface area contributed by atoms with Crippen molar-refractivity contribution in [2.45, 2.75) is 30.5 Å². The van der Waals surface area contributed by atoms with Crippen LogP contribution in [0.3, 0.4) is 0 Å². The molecule has 1 aromatic rings. The van der Waals surface area contributed by atoms with Crippen molar-refractivity contribution in [1.82, 2.24) is 4.90 Å². The number of nitrogens with zero attached hydrogens (tertiary/aromatic N) is 1. The zero-order chi connectivity index (χ0) is 17.8. The molecule has 24 heavy (non-hydrogen) atoms. The average Bonchev–Trinajstić information content (AvgIpc) is 2.79. The topological polar surface area (TPSA) is 46.6 Å². The summed E-state index contributed by atoms with van der Waals surface area (Å²) in [6.45, 7) is -0.710. The molecule has 2 aliphatic heterocycles. The smallest absolute Gasteiger partial charge is 0.450 e. The molecule has 1 aromatic carbocycles. The lowest BCUT2D eigenvalue weighted by Crippen LogP contribution is -2.55. The van der Waals surface area contributed by atoms with Crippen LogP contribution in [-0.2, 0) is 15.1 Å². The van der Waals surface area contributed by atoms with Gasteiger partial charge < -0.3 is 9.64 Å². The van der Waals surface area contributed by atoms with E-state index in [1.165, 1.54) is 0 Å². The Kier molecular flexibility index (Phi) is 3.58. The molecule has 1 fully saturated rings. The Bertz CT molecular complexity index is 693. The van der Waals surface area contributed by atoms with Gasteiger partial charge in [0.15, 0.2) is 0 Å². The van der Waals surface area contributed by atoms with Gasteiger partial charge in [0.25, 0.3) is 0 Å². The second kappa shape index (κ2) is 5.15. The van der Waals surface area contributed by atoms with Crippen LogP contribution in [0.5, 0.6) is 0 Å². The number of hydrogen-bond acceptors (Lipinski definition) is 3. The van der Waals surface area contributed by atoms with E-state index in [0.717, 1.165) is 0 Å². The van der Waals surface area contributed by atoms with E-state index in [-0.39, 0.29) is 25.9 Å². The lowest BCUT2D eigenvalue weighted by molar-refractivity contribution is -0.275. The second-order valence-corrected chi connectivity index (χ2v) is 5.79. The van der Waals surface area contributed by atoms with Crippen LogP contribution >= 0.6 is 0 Å². The van der Waals surface area contributed by atoms with Crippen molar-refractivity contribution < 1.29 is 36.3 Å². The maximum Gasteiger partial charge on any atom is 0.463 e. The largest absolute Gasteiger partial charge is 0.463 e. The van der Waals surface area contributed by atoms with Crippen molar-refractivity contribution in [2.24, 2.45) is 0 Å². The van der Waals surface area contributed by atoms with Gasteiger partial charge >= 0.3 is 24.0 Å². The van der Waals surface area contributed by atoms with Crippen LogP contribution in [0.15, 0.2) is 24.3 Å². The van der Waals surface area contributed by atoms with Gasteiger partial charge in [-0.05, 0) is 6.07 Å². The molecule has 0 saturated carbocycles. The van der Waals surface area contributed by atoms with E-state index in [1.54, 1.807) is 24.3 Å². The van der Waals surface area contributed by atoms with Crippen molar-refractivity contribution in [3.8, 4) is 0 Å². The Hall–Kier alpha value is -2.19. The standard InChI is InChI=1S/C15H12F5NO3/c16-14(17,15(18,19)20)12(23)21-7-5-13(6-8-21)10-4-2-1-3-9(10)11(22)24-13/h1-4H,5-8H2. The van der Waals surface area contributed by atoms with Gasteiger partial charge in [-0.15, -0.1) is 0 Å². The van der Waals surface area contributed by atoms with Crippen molar-refractivity contribution in [1.29, 1.82) is 0 Å². The molecular weight excluding hydrogens is 337 g/mol. The minimum Gasteiger partial charge on any atom is -0.450 e. The predicted molar refractivity (Wildman–Crippen MR) is 70.4 cm³/mol. The van der Waals surface area contributed by atoms with Gasteiger partial charge in [0.05, 0.1) is 5.56 Å². The fourth-order valence-corrected chi connectivity index (χ4v) is 3.11. The zero-order valence-electron chi connectivity index (χ0n) is 12.2. The van der Waals surface area contributed by atoms with Crippen LogP contribution < -0.4 is 0 Å². The number of likely N-dealkylation sites (tertiary alicyclic amines) is 1. The lowest BCUT2D eigenvalue weighted by atomic mass is 9.83. The number of piperidine rings is 1. The summed E-state index contributed by atoms with van der Waals surface area (Å²) in [5.41, 5.74) is -0.152. The van der Waals surface area contributed by atoms with Gasteiger partial charge in [0, 0.05) is 31.5 Å². The Morgan fingerprint density at radius 2 is 1.67 bits per heavy atom. The molecule has 0 unspecified atom stereocenters. The Morgan fingerprint density at radius 1 is 1.08 bits per heavy atom. The van der Waals surface area contributed by atoms with E-state index in [9.17, 15) is 31.5 Å². The highest BCUT2D eigenvalue weighted by atomic mass is 19.4. The van der Waals surface area contributed by atoms with E-state index in [2.05, 4.69) is 0 Å². The molecule has 0 radical (unpaired) electrons. The number of halogens is 5. The first-order valence-electron chi connectivity index (χ1n) is 7.15. The maximum atomic E-state index is 13.2. The van der Waals surface area contributed by atoms with Crippen molar-refractivity contribution in [3.05, 3.63) is 35.4 Å². The van der Waals surface area contributed by atoms with E-state index >= 15 is 0 Å². The lowest BCUT2D eigenvalue weighted by Gasteiger charge is -2.39. The SMILES string of the molecule is O=C1OC2(CCN(C(=O)C(F)(F)C(F)(F)F)CC2)c2ccccc21. The molecule has 1 saturated heterocycles. The van der Waals surface area contributed by atoms with Gasteiger partial charge in [-0.2, -0.15) is 22.0 Å². The third-order valence-corrected chi connectivity index (χ3v) is 4.41. The maximum absolute atomic E-state index is 13.2. The molecule has 3 rings (SSSR count). The summed E-state index contributed by atoms with van der Waals surface area (Å²) >= 11 is 0. The highest BCUT2D eigenvalue weighted by molar-refractivity contribution is 5.94. The molecular formula is C15H12F5NO3. The minimum atomic E-state index is -5.94. The third kappa shape index (κ3) is 2.33. The summed E-state index contributed by atoms with van der Waals surface area (Å²) in [5, 5.41) is 0. The number of esters is 1. The highest BCUT2D eigenvalue weighted by Gasteiger charge is 2.65. The summed E-state index contributed by atoms with van der Waals surface area (Å²) in [4.78, 5) is 23.9.